The first-order valence-corrected chi connectivity index (χ1v) is 19.0. The Kier molecular flexibility index (Phi) is 18.8. The van der Waals surface area contributed by atoms with E-state index in [1.807, 2.05) is 6.92 Å². The Balaban J connectivity index is 1.42. The largest absolute Gasteiger partial charge is 0.480 e. The molecule has 0 unspecified atom stereocenters. The van der Waals surface area contributed by atoms with E-state index in [4.69, 9.17) is 11.5 Å². The van der Waals surface area contributed by atoms with Gasteiger partial charge in [-0.25, -0.2) is 14.8 Å². The molecule has 0 bridgehead atoms. The summed E-state index contributed by atoms with van der Waals surface area (Å²) in [6, 6.07) is 2.95. The zero-order valence-corrected chi connectivity index (χ0v) is 33.2. The standard InChI is InChI=1S/C37H52N14O8/c1-4-8-30(53)44-22(2)34(56)41-15-6-5-7-16-51-20-25(49-50-51)17-28(32(38)55)46-31(54)14-13-27(36(58)59)47-35(57)23-9-11-24(12-10-23)42-18-26-19-43-33(29(21-52)45-26)48-37(39)40-3/h9-12,19-22,27-28,42H,4-8,13-18H2,1-3H3,(H2,38,55)(H,41,56)(H,44,53)(H,46,54)(H,47,57)(H,58,59)(H3,39,40,43,48)/t22-,27+,28+/m1/s1. The zero-order chi connectivity index (χ0) is 43.3. The molecule has 2 heterocycles. The minimum Gasteiger partial charge on any atom is -0.480 e. The molecule has 2 aromatic heterocycles. The highest BCUT2D eigenvalue weighted by molar-refractivity contribution is 5.97. The number of aromatic nitrogens is 5. The number of hydrogen-bond acceptors (Lipinski definition) is 13. The number of nitrogens with zero attached hydrogens (tertiary/aromatic N) is 6. The molecule has 0 saturated carbocycles. The van der Waals surface area contributed by atoms with Gasteiger partial charge >= 0.3 is 5.97 Å². The third-order valence-corrected chi connectivity index (χ3v) is 8.60. The molecule has 1 aromatic carbocycles. The molecule has 0 saturated heterocycles. The second-order valence-corrected chi connectivity index (χ2v) is 13.4. The van der Waals surface area contributed by atoms with Gasteiger partial charge in [0.2, 0.25) is 23.6 Å². The summed E-state index contributed by atoms with van der Waals surface area (Å²) in [5, 5.41) is 33.9. The van der Waals surface area contributed by atoms with Gasteiger partial charge in [-0.1, -0.05) is 12.1 Å². The minimum atomic E-state index is -1.42. The van der Waals surface area contributed by atoms with Gasteiger partial charge in [0.05, 0.1) is 24.1 Å². The maximum absolute atomic E-state index is 12.9. The molecule has 11 N–H and O–H groups in total. The molecule has 3 rings (SSSR count). The number of carboxylic acids is 1. The summed E-state index contributed by atoms with van der Waals surface area (Å²) in [6.45, 7) is 4.67. The Morgan fingerprint density at radius 3 is 2.34 bits per heavy atom. The third kappa shape index (κ3) is 16.2. The average molecular weight is 821 g/mol. The SMILES string of the molecule is CCCC(=O)N[C@H](C)C(=O)NCCCCCn1cc(C[C@H](NC(=O)CC[C@H](NC(=O)c2ccc(NCc3cnc(/N=C(/N)NC)c(C=O)n3)cc2)C(=O)O)C(N)=O)nn1. The molecule has 0 radical (unpaired) electrons. The molecular weight excluding hydrogens is 768 g/mol. The van der Waals surface area contributed by atoms with Crippen LogP contribution in [0.25, 0.3) is 0 Å². The molecule has 22 heteroatoms. The Bertz CT molecular complexity index is 1950. The van der Waals surface area contributed by atoms with Crippen LogP contribution in [-0.4, -0.2) is 110 Å². The van der Waals surface area contributed by atoms with Crippen molar-refractivity contribution in [2.24, 2.45) is 16.5 Å². The van der Waals surface area contributed by atoms with Crippen molar-refractivity contribution in [2.45, 2.75) is 96.4 Å². The number of aldehydes is 1. The van der Waals surface area contributed by atoms with Gasteiger partial charge < -0.3 is 48.5 Å². The molecule has 0 aliphatic heterocycles. The quantitative estimate of drug-likeness (QED) is 0.0224. The van der Waals surface area contributed by atoms with Crippen LogP contribution >= 0.6 is 0 Å². The van der Waals surface area contributed by atoms with Crippen LogP contribution in [-0.2, 0) is 43.5 Å². The fourth-order valence-electron chi connectivity index (χ4n) is 5.35. The summed E-state index contributed by atoms with van der Waals surface area (Å²) in [7, 11) is 1.57. The van der Waals surface area contributed by atoms with E-state index < -0.39 is 41.8 Å². The molecule has 0 aliphatic rings. The number of benzene rings is 1. The summed E-state index contributed by atoms with van der Waals surface area (Å²) >= 11 is 0. The summed E-state index contributed by atoms with van der Waals surface area (Å²) in [4.78, 5) is 97.4. The monoisotopic (exact) mass is 820 g/mol. The molecule has 0 aliphatic carbocycles. The van der Waals surface area contributed by atoms with Crippen LogP contribution in [0.2, 0.25) is 0 Å². The van der Waals surface area contributed by atoms with Crippen LogP contribution in [0.4, 0.5) is 11.5 Å². The maximum Gasteiger partial charge on any atom is 0.326 e. The number of nitrogens with one attached hydrogen (secondary N) is 6. The van der Waals surface area contributed by atoms with E-state index in [-0.39, 0.29) is 60.7 Å². The van der Waals surface area contributed by atoms with E-state index in [0.717, 1.165) is 12.8 Å². The molecule has 0 fully saturated rings. The van der Waals surface area contributed by atoms with E-state index in [1.165, 1.54) is 18.3 Å². The number of primary amides is 1. The highest BCUT2D eigenvalue weighted by atomic mass is 16.4. The van der Waals surface area contributed by atoms with Gasteiger partial charge in [-0.3, -0.25) is 33.4 Å². The van der Waals surface area contributed by atoms with Crippen LogP contribution in [0.3, 0.4) is 0 Å². The summed E-state index contributed by atoms with van der Waals surface area (Å²) in [6.07, 6.45) is 6.18. The molecule has 0 spiro atoms. The summed E-state index contributed by atoms with van der Waals surface area (Å²) in [5.41, 5.74) is 12.7. The normalized spacial score (nSPS) is 12.6. The number of aliphatic imine (C=N–C) groups is 1. The van der Waals surface area contributed by atoms with Crippen molar-refractivity contribution in [1.29, 1.82) is 0 Å². The number of anilines is 1. The van der Waals surface area contributed by atoms with Gasteiger partial charge in [0, 0.05) is 56.8 Å². The zero-order valence-electron chi connectivity index (χ0n) is 33.2. The molecule has 3 atom stereocenters. The Morgan fingerprint density at radius 1 is 0.949 bits per heavy atom. The Labute approximate surface area is 340 Å². The fourth-order valence-corrected chi connectivity index (χ4v) is 5.35. The van der Waals surface area contributed by atoms with Gasteiger partial charge in [0.1, 0.15) is 23.8 Å². The van der Waals surface area contributed by atoms with E-state index in [0.29, 0.717) is 55.7 Å². The number of aryl methyl sites for hydroxylation is 1. The predicted octanol–water partition coefficient (Wildman–Crippen LogP) is -0.574. The lowest BCUT2D eigenvalue weighted by Gasteiger charge is -2.17. The summed E-state index contributed by atoms with van der Waals surface area (Å²) in [5.74, 6) is -3.82. The second-order valence-electron chi connectivity index (χ2n) is 13.4. The molecule has 59 heavy (non-hydrogen) atoms. The Morgan fingerprint density at radius 2 is 1.68 bits per heavy atom. The highest BCUT2D eigenvalue weighted by Crippen LogP contribution is 2.15. The first kappa shape index (κ1) is 46.4. The number of rotatable bonds is 25. The van der Waals surface area contributed by atoms with Crippen molar-refractivity contribution in [1.82, 2.24) is 51.5 Å². The van der Waals surface area contributed by atoms with Crippen molar-refractivity contribution >= 4 is 59.3 Å². The molecular formula is C37H52N14O8. The number of aliphatic carboxylic acids is 1. The summed E-state index contributed by atoms with van der Waals surface area (Å²) < 4.78 is 1.59. The highest BCUT2D eigenvalue weighted by Gasteiger charge is 2.25. The van der Waals surface area contributed by atoms with E-state index in [9.17, 15) is 38.7 Å². The van der Waals surface area contributed by atoms with E-state index in [1.54, 1.807) is 37.0 Å². The molecule has 22 nitrogen and oxygen atoms in total. The number of hydrogen-bond donors (Lipinski definition) is 9. The first-order valence-electron chi connectivity index (χ1n) is 19.0. The molecule has 3 aromatic rings. The third-order valence-electron chi connectivity index (χ3n) is 8.60. The number of amides is 5. The smallest absolute Gasteiger partial charge is 0.326 e. The number of nitrogens with two attached hydrogens (primary N) is 2. The van der Waals surface area contributed by atoms with Crippen LogP contribution < -0.4 is 43.4 Å². The van der Waals surface area contributed by atoms with Crippen molar-refractivity contribution in [2.75, 3.05) is 18.9 Å². The lowest BCUT2D eigenvalue weighted by Crippen LogP contribution is -2.47. The number of carbonyl (C=O) groups is 7. The topological polar surface area (TPSA) is 333 Å². The number of carbonyl (C=O) groups excluding carboxylic acids is 6. The predicted molar refractivity (Wildman–Crippen MR) is 214 cm³/mol. The van der Waals surface area contributed by atoms with Crippen molar-refractivity contribution in [3.63, 3.8) is 0 Å². The van der Waals surface area contributed by atoms with Crippen molar-refractivity contribution < 1.29 is 38.7 Å². The van der Waals surface area contributed by atoms with E-state index >= 15 is 0 Å². The molecule has 318 valence electrons. The average Bonchev–Trinajstić information content (AvgIpc) is 3.66. The van der Waals surface area contributed by atoms with Gasteiger partial charge in [-0.05, 0) is 63.3 Å². The Hall–Kier alpha value is -7.00. The van der Waals surface area contributed by atoms with Gasteiger partial charge in [-0.2, -0.15) is 4.99 Å². The van der Waals surface area contributed by atoms with Gasteiger partial charge in [0.15, 0.2) is 18.1 Å². The number of guanidine groups is 1. The van der Waals surface area contributed by atoms with Crippen LogP contribution in [0.5, 0.6) is 0 Å². The first-order chi connectivity index (χ1) is 28.2. The van der Waals surface area contributed by atoms with E-state index in [2.05, 4.69) is 57.2 Å². The second kappa shape index (κ2) is 23.9. The number of unbranched alkanes of at least 4 members (excludes halogenated alkanes) is 2. The van der Waals surface area contributed by atoms with Gasteiger partial charge in [0.25, 0.3) is 5.91 Å². The number of carboxylic acid groups (broad SMARTS) is 1. The van der Waals surface area contributed by atoms with Crippen LogP contribution in [0.15, 0.2) is 41.7 Å². The van der Waals surface area contributed by atoms with Crippen molar-refractivity contribution in [3.05, 3.63) is 59.3 Å². The lowest BCUT2D eigenvalue weighted by atomic mass is 10.1. The van der Waals surface area contributed by atoms with Crippen LogP contribution in [0.1, 0.15) is 91.0 Å². The molecule has 5 amide bonds. The lowest BCUT2D eigenvalue weighted by molar-refractivity contribution is -0.139. The maximum atomic E-state index is 12.9. The fraction of sp³-hybridized carbons (Fsp3) is 0.459. The minimum absolute atomic E-state index is 0.00243. The van der Waals surface area contributed by atoms with Crippen LogP contribution in [0, 0.1) is 0 Å². The van der Waals surface area contributed by atoms with Gasteiger partial charge in [-0.15, -0.1) is 5.10 Å². The van der Waals surface area contributed by atoms with Crippen molar-refractivity contribution in [3.8, 4) is 0 Å².